The zero-order valence-corrected chi connectivity index (χ0v) is 8.71. The quantitative estimate of drug-likeness (QED) is 0.800. The largest absolute Gasteiger partial charge is 0.471 e. The van der Waals surface area contributed by atoms with Crippen LogP contribution in [-0.4, -0.2) is 34.8 Å². The highest BCUT2D eigenvalue weighted by Crippen LogP contribution is 2.17. The van der Waals surface area contributed by atoms with Gasteiger partial charge >= 0.3 is 12.1 Å². The Morgan fingerprint density at radius 1 is 1.47 bits per heavy atom. The number of aromatic nitrogens is 2. The molecule has 94 valence electrons. The van der Waals surface area contributed by atoms with Gasteiger partial charge in [0.2, 0.25) is 5.91 Å². The second-order valence-corrected chi connectivity index (χ2v) is 3.05. The van der Waals surface area contributed by atoms with Gasteiger partial charge in [-0.05, 0) is 0 Å². The molecule has 0 saturated heterocycles. The molecule has 0 atom stereocenters. The highest BCUT2D eigenvalue weighted by molar-refractivity contribution is 5.94. The smallest absolute Gasteiger partial charge is 0.358 e. The maximum absolute atomic E-state index is 11.9. The van der Waals surface area contributed by atoms with E-state index in [1.165, 1.54) is 7.05 Å². The molecule has 0 fully saturated rings. The Morgan fingerprint density at radius 2 is 2.12 bits per heavy atom. The van der Waals surface area contributed by atoms with E-state index >= 15 is 0 Å². The second-order valence-electron chi connectivity index (χ2n) is 3.05. The first-order valence-corrected chi connectivity index (χ1v) is 4.44. The molecule has 0 bridgehead atoms. The first-order chi connectivity index (χ1) is 7.82. The fraction of sp³-hybridized carbons (Fsp3) is 0.375. The topological polar surface area (TPSA) is 76.0 Å². The molecule has 1 aromatic heterocycles. The fourth-order valence-corrected chi connectivity index (χ4v) is 0.943. The molecule has 1 rings (SSSR count). The SMILES string of the molecule is CNC(=O)Cn1cc(NC(=O)C(F)(F)F)cn1. The molecule has 0 saturated carbocycles. The van der Waals surface area contributed by atoms with Crippen LogP contribution in [0.5, 0.6) is 0 Å². The number of halogens is 3. The van der Waals surface area contributed by atoms with Crippen LogP contribution in [0.15, 0.2) is 12.4 Å². The molecule has 2 amide bonds. The maximum atomic E-state index is 11.9. The lowest BCUT2D eigenvalue weighted by Crippen LogP contribution is -2.29. The zero-order valence-electron chi connectivity index (χ0n) is 8.71. The van der Waals surface area contributed by atoms with E-state index in [0.717, 1.165) is 17.1 Å². The van der Waals surface area contributed by atoms with Gasteiger partial charge in [-0.2, -0.15) is 18.3 Å². The lowest BCUT2D eigenvalue weighted by molar-refractivity contribution is -0.167. The molecule has 6 nitrogen and oxygen atoms in total. The van der Waals surface area contributed by atoms with Gasteiger partial charge in [0.25, 0.3) is 0 Å². The lowest BCUT2D eigenvalue weighted by Gasteiger charge is -2.04. The third-order valence-electron chi connectivity index (χ3n) is 1.73. The van der Waals surface area contributed by atoms with Gasteiger partial charge in [-0.25, -0.2) is 0 Å². The molecular formula is C8H9F3N4O2. The molecule has 2 N–H and O–H groups in total. The summed E-state index contributed by atoms with van der Waals surface area (Å²) in [5.41, 5.74) is -0.128. The molecule has 0 aliphatic carbocycles. The number of carbonyl (C=O) groups excluding carboxylic acids is 2. The van der Waals surface area contributed by atoms with Crippen molar-refractivity contribution in [3.05, 3.63) is 12.4 Å². The number of hydrogen-bond acceptors (Lipinski definition) is 3. The summed E-state index contributed by atoms with van der Waals surface area (Å²) in [4.78, 5) is 21.5. The summed E-state index contributed by atoms with van der Waals surface area (Å²) < 4.78 is 36.8. The third-order valence-corrected chi connectivity index (χ3v) is 1.73. The summed E-state index contributed by atoms with van der Waals surface area (Å²) in [6.45, 7) is -0.140. The molecule has 17 heavy (non-hydrogen) atoms. The summed E-state index contributed by atoms with van der Waals surface area (Å²) >= 11 is 0. The summed E-state index contributed by atoms with van der Waals surface area (Å²) in [5.74, 6) is -2.45. The van der Waals surface area contributed by atoms with Crippen molar-refractivity contribution < 1.29 is 22.8 Å². The fourth-order valence-electron chi connectivity index (χ4n) is 0.943. The Kier molecular flexibility index (Phi) is 3.71. The molecule has 0 unspecified atom stereocenters. The number of rotatable bonds is 3. The van der Waals surface area contributed by atoms with E-state index in [2.05, 4.69) is 10.4 Å². The average Bonchev–Trinajstić information content (AvgIpc) is 2.64. The van der Waals surface area contributed by atoms with Gasteiger partial charge < -0.3 is 10.6 Å². The Morgan fingerprint density at radius 3 is 2.65 bits per heavy atom. The molecule has 0 aromatic carbocycles. The van der Waals surface area contributed by atoms with Gasteiger partial charge in [-0.15, -0.1) is 0 Å². The van der Waals surface area contributed by atoms with Gasteiger partial charge in [0.05, 0.1) is 11.9 Å². The molecular weight excluding hydrogens is 241 g/mol. The van der Waals surface area contributed by atoms with Crippen molar-refractivity contribution in [2.75, 3.05) is 12.4 Å². The standard InChI is InChI=1S/C8H9F3N4O2/c1-12-6(16)4-15-3-5(2-13-15)14-7(17)8(9,10)11/h2-3H,4H2,1H3,(H,12,16)(H,14,17). The minimum Gasteiger partial charge on any atom is -0.358 e. The van der Waals surface area contributed by atoms with Crippen molar-refractivity contribution in [1.29, 1.82) is 0 Å². The molecule has 0 spiro atoms. The highest BCUT2D eigenvalue weighted by atomic mass is 19.4. The van der Waals surface area contributed by atoms with Gasteiger partial charge in [0.15, 0.2) is 0 Å². The molecule has 1 heterocycles. The predicted molar refractivity (Wildman–Crippen MR) is 51.0 cm³/mol. The van der Waals surface area contributed by atoms with Gasteiger partial charge in [-0.1, -0.05) is 0 Å². The van der Waals surface area contributed by atoms with E-state index in [1.54, 1.807) is 5.32 Å². The number of likely N-dealkylation sites (N-methyl/N-ethyl adjacent to an activating group) is 1. The van der Waals surface area contributed by atoms with Crippen molar-refractivity contribution >= 4 is 17.5 Å². The van der Waals surface area contributed by atoms with Crippen LogP contribution in [0.1, 0.15) is 0 Å². The van der Waals surface area contributed by atoms with E-state index in [0.29, 0.717) is 0 Å². The Balaban J connectivity index is 2.63. The minimum absolute atomic E-state index is 0.128. The number of hydrogen-bond donors (Lipinski definition) is 2. The molecule has 9 heteroatoms. The number of nitrogens with one attached hydrogen (secondary N) is 2. The van der Waals surface area contributed by atoms with E-state index in [9.17, 15) is 22.8 Å². The summed E-state index contributed by atoms with van der Waals surface area (Å²) in [6.07, 6.45) is -2.81. The van der Waals surface area contributed by atoms with E-state index in [1.807, 2.05) is 0 Å². The highest BCUT2D eigenvalue weighted by Gasteiger charge is 2.38. The van der Waals surface area contributed by atoms with Gasteiger partial charge in [0.1, 0.15) is 6.54 Å². The third kappa shape index (κ3) is 3.78. The van der Waals surface area contributed by atoms with Crippen LogP contribution < -0.4 is 10.6 Å². The maximum Gasteiger partial charge on any atom is 0.471 e. The number of alkyl halides is 3. The van der Waals surface area contributed by atoms with Crippen molar-refractivity contribution in [3.63, 3.8) is 0 Å². The van der Waals surface area contributed by atoms with Crippen molar-refractivity contribution in [1.82, 2.24) is 15.1 Å². The monoisotopic (exact) mass is 250 g/mol. The summed E-state index contributed by atoms with van der Waals surface area (Å²) in [5, 5.41) is 7.55. The van der Waals surface area contributed by atoms with Crippen LogP contribution in [0.3, 0.4) is 0 Å². The second kappa shape index (κ2) is 4.85. The predicted octanol–water partition coefficient (Wildman–Crippen LogP) is 0.130. The first kappa shape index (κ1) is 13.0. The van der Waals surface area contributed by atoms with Crippen LogP contribution >= 0.6 is 0 Å². The lowest BCUT2D eigenvalue weighted by atomic mass is 10.5. The summed E-state index contributed by atoms with van der Waals surface area (Å²) in [7, 11) is 1.41. The summed E-state index contributed by atoms with van der Waals surface area (Å²) in [6, 6.07) is 0. The van der Waals surface area contributed by atoms with Crippen LogP contribution in [0.2, 0.25) is 0 Å². The first-order valence-electron chi connectivity index (χ1n) is 4.44. The Hall–Kier alpha value is -2.06. The van der Waals surface area contributed by atoms with Gasteiger partial charge in [0, 0.05) is 13.2 Å². The Bertz CT molecular complexity index is 427. The van der Waals surface area contributed by atoms with Crippen LogP contribution in [0.4, 0.5) is 18.9 Å². The van der Waals surface area contributed by atoms with Crippen molar-refractivity contribution in [2.24, 2.45) is 0 Å². The van der Waals surface area contributed by atoms with Crippen LogP contribution in [-0.2, 0) is 16.1 Å². The molecule has 0 aliphatic heterocycles. The van der Waals surface area contributed by atoms with Gasteiger partial charge in [-0.3, -0.25) is 14.3 Å². The molecule has 0 radical (unpaired) electrons. The van der Waals surface area contributed by atoms with Crippen molar-refractivity contribution in [3.8, 4) is 0 Å². The van der Waals surface area contributed by atoms with E-state index < -0.39 is 12.1 Å². The van der Waals surface area contributed by atoms with Crippen molar-refractivity contribution in [2.45, 2.75) is 12.7 Å². The number of amides is 2. The number of anilines is 1. The normalized spacial score (nSPS) is 11.1. The zero-order chi connectivity index (χ0) is 13.1. The molecule has 0 aliphatic rings. The van der Waals surface area contributed by atoms with Crippen LogP contribution in [0, 0.1) is 0 Å². The average molecular weight is 250 g/mol. The number of carbonyl (C=O) groups is 2. The molecule has 1 aromatic rings. The minimum atomic E-state index is -4.96. The van der Waals surface area contributed by atoms with E-state index in [4.69, 9.17) is 0 Å². The van der Waals surface area contributed by atoms with Crippen LogP contribution in [0.25, 0.3) is 0 Å². The number of nitrogens with zero attached hydrogens (tertiary/aromatic N) is 2. The Labute approximate surface area is 93.8 Å². The van der Waals surface area contributed by atoms with E-state index in [-0.39, 0.29) is 18.1 Å².